The number of aliphatic hydroxyl groups excluding tert-OH is 1. The van der Waals surface area contributed by atoms with Crippen molar-refractivity contribution in [2.24, 2.45) is 0 Å². The Hall–Kier alpha value is 0.270. The van der Waals surface area contributed by atoms with E-state index in [0.717, 1.165) is 6.42 Å². The highest BCUT2D eigenvalue weighted by atomic mass is 32.2. The molecule has 3 atom stereocenters. The van der Waals surface area contributed by atoms with Crippen LogP contribution in [0, 0.1) is 0 Å². The fourth-order valence-electron chi connectivity index (χ4n) is 1.32. The number of thioether (sulfide) groups is 1. The van der Waals surface area contributed by atoms with E-state index in [1.165, 1.54) is 6.42 Å². The third-order valence-electron chi connectivity index (χ3n) is 2.18. The third kappa shape index (κ3) is 7.35. The minimum absolute atomic E-state index is 0.308. The Kier molecular flexibility index (Phi) is 7.81. The molecule has 0 aliphatic rings. The van der Waals surface area contributed by atoms with E-state index in [-0.39, 0.29) is 0 Å². The van der Waals surface area contributed by atoms with Crippen molar-refractivity contribution in [1.29, 1.82) is 0 Å². The van der Waals surface area contributed by atoms with Crippen molar-refractivity contribution in [3.8, 4) is 0 Å². The fraction of sp³-hybridized carbons (Fsp3) is 1.00. The standard InChI is InChI=1S/C10H23NOS/c1-8(11-4)7-10(3)13-9(2)5-6-12/h8-12H,5-7H2,1-4H3. The predicted molar refractivity (Wildman–Crippen MR) is 61.4 cm³/mol. The molecule has 13 heavy (non-hydrogen) atoms. The monoisotopic (exact) mass is 205 g/mol. The van der Waals surface area contributed by atoms with Gasteiger partial charge >= 0.3 is 0 Å². The highest BCUT2D eigenvalue weighted by Crippen LogP contribution is 2.22. The molecule has 3 unspecified atom stereocenters. The molecular weight excluding hydrogens is 182 g/mol. The molecule has 0 heterocycles. The molecule has 0 aromatic carbocycles. The lowest BCUT2D eigenvalue weighted by atomic mass is 10.2. The van der Waals surface area contributed by atoms with Gasteiger partial charge in [-0.2, -0.15) is 11.8 Å². The summed E-state index contributed by atoms with van der Waals surface area (Å²) in [5.74, 6) is 0. The van der Waals surface area contributed by atoms with Crippen LogP contribution in [0.15, 0.2) is 0 Å². The molecule has 80 valence electrons. The Morgan fingerprint density at radius 1 is 1.23 bits per heavy atom. The summed E-state index contributed by atoms with van der Waals surface area (Å²) in [5, 5.41) is 13.2. The summed E-state index contributed by atoms with van der Waals surface area (Å²) < 4.78 is 0. The summed E-state index contributed by atoms with van der Waals surface area (Å²) in [6, 6.07) is 0.587. The smallest absolute Gasteiger partial charge is 0.0441 e. The molecule has 0 aromatic heterocycles. The van der Waals surface area contributed by atoms with E-state index in [0.29, 0.717) is 23.1 Å². The van der Waals surface area contributed by atoms with Gasteiger partial charge in [0.15, 0.2) is 0 Å². The van der Waals surface area contributed by atoms with Crippen molar-refractivity contribution >= 4 is 11.8 Å². The van der Waals surface area contributed by atoms with Crippen molar-refractivity contribution in [2.75, 3.05) is 13.7 Å². The van der Waals surface area contributed by atoms with Gasteiger partial charge in [-0.25, -0.2) is 0 Å². The van der Waals surface area contributed by atoms with E-state index in [1.807, 2.05) is 18.8 Å². The molecule has 0 radical (unpaired) electrons. The molecule has 0 rings (SSSR count). The summed E-state index contributed by atoms with van der Waals surface area (Å²) in [7, 11) is 2.00. The second-order valence-electron chi connectivity index (χ2n) is 3.70. The molecule has 0 saturated heterocycles. The van der Waals surface area contributed by atoms with Gasteiger partial charge in [-0.3, -0.25) is 0 Å². The first-order valence-electron chi connectivity index (χ1n) is 5.03. The van der Waals surface area contributed by atoms with Gasteiger partial charge in [-0.1, -0.05) is 13.8 Å². The first-order valence-corrected chi connectivity index (χ1v) is 5.98. The molecule has 0 aliphatic carbocycles. The third-order valence-corrected chi connectivity index (χ3v) is 3.54. The van der Waals surface area contributed by atoms with Crippen LogP contribution in [0.2, 0.25) is 0 Å². The molecule has 0 aliphatic heterocycles. The molecule has 3 heteroatoms. The summed E-state index contributed by atoms with van der Waals surface area (Å²) in [5.41, 5.74) is 0. The van der Waals surface area contributed by atoms with Crippen molar-refractivity contribution in [2.45, 2.75) is 50.2 Å². The molecule has 0 aromatic rings. The van der Waals surface area contributed by atoms with E-state index in [9.17, 15) is 0 Å². The maximum absolute atomic E-state index is 8.75. The molecule has 0 fully saturated rings. The maximum Gasteiger partial charge on any atom is 0.0441 e. The number of nitrogens with one attached hydrogen (secondary N) is 1. The summed E-state index contributed by atoms with van der Waals surface area (Å²) >= 11 is 1.97. The van der Waals surface area contributed by atoms with Gasteiger partial charge in [0.25, 0.3) is 0 Å². The number of rotatable bonds is 7. The van der Waals surface area contributed by atoms with Crippen LogP contribution in [-0.4, -0.2) is 35.3 Å². The van der Waals surface area contributed by atoms with Crippen molar-refractivity contribution < 1.29 is 5.11 Å². The minimum Gasteiger partial charge on any atom is -0.396 e. The van der Waals surface area contributed by atoms with E-state index in [2.05, 4.69) is 26.1 Å². The first-order chi connectivity index (χ1) is 6.10. The summed E-state index contributed by atoms with van der Waals surface area (Å²) in [6.45, 7) is 6.95. The van der Waals surface area contributed by atoms with E-state index >= 15 is 0 Å². The lowest BCUT2D eigenvalue weighted by molar-refractivity contribution is 0.288. The molecule has 0 bridgehead atoms. The maximum atomic E-state index is 8.75. The van der Waals surface area contributed by atoms with Gasteiger partial charge < -0.3 is 10.4 Å². The molecular formula is C10H23NOS. The second kappa shape index (κ2) is 7.65. The second-order valence-corrected chi connectivity index (χ2v) is 5.58. The summed E-state index contributed by atoms with van der Waals surface area (Å²) in [6.07, 6.45) is 2.10. The van der Waals surface area contributed by atoms with Crippen LogP contribution in [-0.2, 0) is 0 Å². The lowest BCUT2D eigenvalue weighted by Crippen LogP contribution is -2.25. The van der Waals surface area contributed by atoms with Gasteiger partial charge in [0.05, 0.1) is 0 Å². The van der Waals surface area contributed by atoms with Crippen LogP contribution in [0.3, 0.4) is 0 Å². The van der Waals surface area contributed by atoms with Gasteiger partial charge in [0, 0.05) is 23.1 Å². The SMILES string of the molecule is CNC(C)CC(C)SC(C)CCO. The van der Waals surface area contributed by atoms with Crippen molar-refractivity contribution in [3.05, 3.63) is 0 Å². The average Bonchev–Trinajstić information content (AvgIpc) is 2.04. The minimum atomic E-state index is 0.308. The van der Waals surface area contributed by atoms with Crippen LogP contribution < -0.4 is 5.32 Å². The van der Waals surface area contributed by atoms with Crippen molar-refractivity contribution in [3.63, 3.8) is 0 Å². The highest BCUT2D eigenvalue weighted by molar-refractivity contribution is 8.00. The zero-order chi connectivity index (χ0) is 10.3. The zero-order valence-corrected chi connectivity index (χ0v) is 10.0. The normalized spacial score (nSPS) is 18.2. The van der Waals surface area contributed by atoms with Gasteiger partial charge in [-0.15, -0.1) is 0 Å². The van der Waals surface area contributed by atoms with E-state index in [1.54, 1.807) is 0 Å². The number of hydrogen-bond donors (Lipinski definition) is 2. The van der Waals surface area contributed by atoms with Crippen molar-refractivity contribution in [1.82, 2.24) is 5.32 Å². The Morgan fingerprint density at radius 2 is 1.85 bits per heavy atom. The fourth-order valence-corrected chi connectivity index (χ4v) is 2.75. The Bertz CT molecular complexity index is 121. The first kappa shape index (κ1) is 13.3. The van der Waals surface area contributed by atoms with Crippen LogP contribution in [0.5, 0.6) is 0 Å². The molecule has 0 amide bonds. The molecule has 2 nitrogen and oxygen atoms in total. The summed E-state index contributed by atoms with van der Waals surface area (Å²) in [4.78, 5) is 0. The largest absolute Gasteiger partial charge is 0.396 e. The molecule has 0 spiro atoms. The van der Waals surface area contributed by atoms with E-state index < -0.39 is 0 Å². The quantitative estimate of drug-likeness (QED) is 0.665. The van der Waals surface area contributed by atoms with Gasteiger partial charge in [0.1, 0.15) is 0 Å². The zero-order valence-electron chi connectivity index (χ0n) is 9.21. The van der Waals surface area contributed by atoms with Crippen LogP contribution >= 0.6 is 11.8 Å². The molecule has 0 saturated carbocycles. The van der Waals surface area contributed by atoms with E-state index in [4.69, 9.17) is 5.11 Å². The lowest BCUT2D eigenvalue weighted by Gasteiger charge is -2.19. The number of aliphatic hydroxyl groups is 1. The Balaban J connectivity index is 3.54. The number of hydrogen-bond acceptors (Lipinski definition) is 3. The highest BCUT2D eigenvalue weighted by Gasteiger charge is 2.11. The topological polar surface area (TPSA) is 32.3 Å². The van der Waals surface area contributed by atoms with Crippen LogP contribution in [0.25, 0.3) is 0 Å². The van der Waals surface area contributed by atoms with Crippen LogP contribution in [0.1, 0.15) is 33.6 Å². The average molecular weight is 205 g/mol. The molecule has 2 N–H and O–H groups in total. The van der Waals surface area contributed by atoms with Crippen LogP contribution in [0.4, 0.5) is 0 Å². The van der Waals surface area contributed by atoms with Gasteiger partial charge in [-0.05, 0) is 26.8 Å². The Labute approximate surface area is 86.5 Å². The predicted octanol–water partition coefficient (Wildman–Crippen LogP) is 1.88. The van der Waals surface area contributed by atoms with Gasteiger partial charge in [0.2, 0.25) is 0 Å². The Morgan fingerprint density at radius 3 is 2.31 bits per heavy atom.